The SMILES string of the molecule is CCOc1cc(/C=C2\N=C(c3ccccc3)OC2=O)cc(I)c1OCc1ccccc1F. The predicted octanol–water partition coefficient (Wildman–Crippen LogP) is 5.75. The molecule has 0 aromatic heterocycles. The summed E-state index contributed by atoms with van der Waals surface area (Å²) in [4.78, 5) is 16.7. The molecule has 0 atom stereocenters. The Morgan fingerprint density at radius 1 is 1.06 bits per heavy atom. The van der Waals surface area contributed by atoms with Crippen molar-refractivity contribution in [1.82, 2.24) is 0 Å². The van der Waals surface area contributed by atoms with Crippen molar-refractivity contribution in [2.24, 2.45) is 4.99 Å². The van der Waals surface area contributed by atoms with E-state index >= 15 is 0 Å². The third-order valence-corrected chi connectivity index (χ3v) is 5.41. The zero-order valence-corrected chi connectivity index (χ0v) is 19.3. The molecule has 1 heterocycles. The molecule has 1 aliphatic heterocycles. The number of benzene rings is 3. The summed E-state index contributed by atoms with van der Waals surface area (Å²) < 4.78 is 31.7. The van der Waals surface area contributed by atoms with Crippen LogP contribution < -0.4 is 9.47 Å². The van der Waals surface area contributed by atoms with Gasteiger partial charge in [0.05, 0.1) is 10.2 Å². The van der Waals surface area contributed by atoms with Crippen LogP contribution in [-0.4, -0.2) is 18.5 Å². The zero-order chi connectivity index (χ0) is 22.5. The van der Waals surface area contributed by atoms with E-state index in [1.54, 1.807) is 30.3 Å². The Morgan fingerprint density at radius 3 is 2.56 bits per heavy atom. The van der Waals surface area contributed by atoms with E-state index in [0.717, 1.165) is 9.13 Å². The maximum absolute atomic E-state index is 13.9. The molecule has 0 radical (unpaired) electrons. The number of carbonyl (C=O) groups excluding carboxylic acids is 1. The van der Waals surface area contributed by atoms with Gasteiger partial charge >= 0.3 is 5.97 Å². The minimum atomic E-state index is -0.517. The number of esters is 1. The molecule has 1 aliphatic rings. The molecule has 0 unspecified atom stereocenters. The van der Waals surface area contributed by atoms with Gasteiger partial charge in [0.25, 0.3) is 0 Å². The molecule has 3 aromatic carbocycles. The van der Waals surface area contributed by atoms with Gasteiger partial charge in [0.15, 0.2) is 17.2 Å². The average Bonchev–Trinajstić information content (AvgIpc) is 3.15. The lowest BCUT2D eigenvalue weighted by Crippen LogP contribution is -2.05. The monoisotopic (exact) mass is 543 g/mol. The van der Waals surface area contributed by atoms with Gasteiger partial charge in [-0.3, -0.25) is 0 Å². The number of rotatable bonds is 7. The summed E-state index contributed by atoms with van der Waals surface area (Å²) in [6.45, 7) is 2.36. The normalized spacial score (nSPS) is 14.3. The second kappa shape index (κ2) is 9.95. The predicted molar refractivity (Wildman–Crippen MR) is 128 cm³/mol. The fourth-order valence-electron chi connectivity index (χ4n) is 3.11. The molecule has 0 aliphatic carbocycles. The van der Waals surface area contributed by atoms with Crippen molar-refractivity contribution in [2.45, 2.75) is 13.5 Å². The number of cyclic esters (lactones) is 1. The van der Waals surface area contributed by atoms with Gasteiger partial charge in [-0.05, 0) is 71.5 Å². The minimum Gasteiger partial charge on any atom is -0.490 e. The van der Waals surface area contributed by atoms with E-state index in [0.29, 0.717) is 29.2 Å². The van der Waals surface area contributed by atoms with Gasteiger partial charge in [-0.15, -0.1) is 0 Å². The van der Waals surface area contributed by atoms with Crippen molar-refractivity contribution in [3.05, 3.63) is 98.5 Å². The van der Waals surface area contributed by atoms with E-state index in [-0.39, 0.29) is 24.0 Å². The highest BCUT2D eigenvalue weighted by Gasteiger charge is 2.24. The molecule has 0 bridgehead atoms. The molecular weight excluding hydrogens is 524 g/mol. The number of carbonyl (C=O) groups is 1. The van der Waals surface area contributed by atoms with Crippen LogP contribution in [0, 0.1) is 9.39 Å². The lowest BCUT2D eigenvalue weighted by atomic mass is 10.1. The third kappa shape index (κ3) is 4.99. The zero-order valence-electron chi connectivity index (χ0n) is 17.2. The topological polar surface area (TPSA) is 57.1 Å². The molecule has 0 amide bonds. The van der Waals surface area contributed by atoms with E-state index in [1.165, 1.54) is 6.07 Å². The maximum Gasteiger partial charge on any atom is 0.363 e. The van der Waals surface area contributed by atoms with Crippen LogP contribution >= 0.6 is 22.6 Å². The standard InChI is InChI=1S/C25H19FINO4/c1-2-30-22-14-16(12-20(27)23(22)31-15-18-10-6-7-11-19(18)26)13-21-25(29)32-24(28-21)17-8-4-3-5-9-17/h3-14H,2,15H2,1H3/b21-13-. The summed E-state index contributed by atoms with van der Waals surface area (Å²) in [6.07, 6.45) is 1.64. The van der Waals surface area contributed by atoms with Gasteiger partial charge in [0, 0.05) is 11.1 Å². The van der Waals surface area contributed by atoms with Crippen LogP contribution in [0.15, 0.2) is 77.4 Å². The molecule has 0 saturated carbocycles. The smallest absolute Gasteiger partial charge is 0.363 e. The molecular formula is C25H19FINO4. The highest BCUT2D eigenvalue weighted by molar-refractivity contribution is 14.1. The summed E-state index contributed by atoms with van der Waals surface area (Å²) in [5, 5.41) is 0. The Bertz CT molecular complexity index is 1210. The van der Waals surface area contributed by atoms with Gasteiger partial charge in [-0.25, -0.2) is 14.2 Å². The van der Waals surface area contributed by atoms with E-state index in [2.05, 4.69) is 27.6 Å². The molecule has 7 heteroatoms. The quantitative estimate of drug-likeness (QED) is 0.216. The highest BCUT2D eigenvalue weighted by Crippen LogP contribution is 2.36. The van der Waals surface area contributed by atoms with Crippen LogP contribution in [0.2, 0.25) is 0 Å². The van der Waals surface area contributed by atoms with E-state index in [9.17, 15) is 9.18 Å². The van der Waals surface area contributed by atoms with Gasteiger partial charge in [-0.2, -0.15) is 0 Å². The van der Waals surface area contributed by atoms with Crippen LogP contribution in [-0.2, 0) is 16.1 Å². The van der Waals surface area contributed by atoms with E-state index in [4.69, 9.17) is 14.2 Å². The summed E-state index contributed by atoms with van der Waals surface area (Å²) in [6, 6.07) is 19.3. The van der Waals surface area contributed by atoms with Gasteiger partial charge in [0.2, 0.25) is 5.90 Å². The summed E-state index contributed by atoms with van der Waals surface area (Å²) >= 11 is 2.13. The lowest BCUT2D eigenvalue weighted by Gasteiger charge is -2.15. The molecule has 0 saturated heterocycles. The molecule has 3 aromatic rings. The largest absolute Gasteiger partial charge is 0.490 e. The second-order valence-electron chi connectivity index (χ2n) is 6.85. The molecule has 32 heavy (non-hydrogen) atoms. The lowest BCUT2D eigenvalue weighted by molar-refractivity contribution is -0.129. The summed E-state index contributed by atoms with van der Waals surface area (Å²) in [5.74, 6) is 0.443. The fourth-order valence-corrected chi connectivity index (χ4v) is 3.89. The molecule has 0 spiro atoms. The Labute approximate surface area is 198 Å². The first kappa shape index (κ1) is 22.0. The van der Waals surface area contributed by atoms with E-state index in [1.807, 2.05) is 43.3 Å². The third-order valence-electron chi connectivity index (χ3n) is 4.61. The fraction of sp³-hybridized carbons (Fsp3) is 0.120. The molecule has 162 valence electrons. The second-order valence-corrected chi connectivity index (χ2v) is 8.01. The van der Waals surface area contributed by atoms with Crippen LogP contribution in [0.4, 0.5) is 4.39 Å². The van der Waals surface area contributed by atoms with Gasteiger partial charge in [0.1, 0.15) is 12.4 Å². The van der Waals surface area contributed by atoms with Crippen molar-refractivity contribution in [2.75, 3.05) is 6.61 Å². The number of hydrogen-bond acceptors (Lipinski definition) is 5. The van der Waals surface area contributed by atoms with Crippen LogP contribution in [0.25, 0.3) is 6.08 Å². The molecule has 4 rings (SSSR count). The first-order valence-corrected chi connectivity index (χ1v) is 11.0. The first-order chi connectivity index (χ1) is 15.5. The van der Waals surface area contributed by atoms with Crippen LogP contribution in [0.3, 0.4) is 0 Å². The minimum absolute atomic E-state index is 0.0697. The molecule has 0 fully saturated rings. The van der Waals surface area contributed by atoms with Crippen LogP contribution in [0.5, 0.6) is 11.5 Å². The highest BCUT2D eigenvalue weighted by atomic mass is 127. The summed E-state index contributed by atoms with van der Waals surface area (Å²) in [7, 11) is 0. The number of hydrogen-bond donors (Lipinski definition) is 0. The van der Waals surface area contributed by atoms with Crippen molar-refractivity contribution < 1.29 is 23.4 Å². The van der Waals surface area contributed by atoms with Gasteiger partial charge < -0.3 is 14.2 Å². The first-order valence-electron chi connectivity index (χ1n) is 9.95. The van der Waals surface area contributed by atoms with Crippen molar-refractivity contribution in [1.29, 1.82) is 0 Å². The number of nitrogens with zero attached hydrogens (tertiary/aromatic N) is 1. The van der Waals surface area contributed by atoms with Gasteiger partial charge in [-0.1, -0.05) is 36.4 Å². The Kier molecular flexibility index (Phi) is 6.84. The Hall–Kier alpha value is -3.20. The maximum atomic E-state index is 13.9. The van der Waals surface area contributed by atoms with Crippen molar-refractivity contribution in [3.8, 4) is 11.5 Å². The number of aliphatic imine (C=N–C) groups is 1. The van der Waals surface area contributed by atoms with E-state index < -0.39 is 5.97 Å². The Balaban J connectivity index is 1.62. The molecule has 0 N–H and O–H groups in total. The van der Waals surface area contributed by atoms with Crippen molar-refractivity contribution >= 4 is 40.5 Å². The molecule has 5 nitrogen and oxygen atoms in total. The Morgan fingerprint density at radius 2 is 1.81 bits per heavy atom. The number of halogens is 2. The number of ether oxygens (including phenoxy) is 3. The van der Waals surface area contributed by atoms with Crippen LogP contribution in [0.1, 0.15) is 23.6 Å². The van der Waals surface area contributed by atoms with Crippen molar-refractivity contribution in [3.63, 3.8) is 0 Å². The summed E-state index contributed by atoms with van der Waals surface area (Å²) in [5.41, 5.74) is 2.09. The average molecular weight is 543 g/mol.